The predicted molar refractivity (Wildman–Crippen MR) is 57.2 cm³/mol. The van der Waals surface area contributed by atoms with Crippen LogP contribution in [0.1, 0.15) is 0 Å². The third-order valence-electron chi connectivity index (χ3n) is 2.13. The fourth-order valence-electron chi connectivity index (χ4n) is 1.29. The zero-order valence-corrected chi connectivity index (χ0v) is 8.58. The molecule has 0 amide bonds. The Morgan fingerprint density at radius 3 is 2.29 bits per heavy atom. The van der Waals surface area contributed by atoms with Crippen molar-refractivity contribution < 1.29 is 17.9 Å². The Labute approximate surface area is 95.4 Å². The molecule has 0 aliphatic carbocycles. The summed E-state index contributed by atoms with van der Waals surface area (Å²) >= 11 is 0. The molecule has 0 heterocycles. The van der Waals surface area contributed by atoms with Crippen LogP contribution < -0.4 is 10.5 Å². The van der Waals surface area contributed by atoms with E-state index in [9.17, 15) is 13.2 Å². The Bertz CT molecular complexity index is 557. The van der Waals surface area contributed by atoms with Gasteiger partial charge in [0.2, 0.25) is 5.82 Å². The normalized spacial score (nSPS) is 10.3. The van der Waals surface area contributed by atoms with E-state index in [4.69, 9.17) is 10.5 Å². The monoisotopic (exact) mass is 239 g/mol. The minimum atomic E-state index is -1.24. The molecule has 0 bridgehead atoms. The maximum atomic E-state index is 13.4. The molecule has 88 valence electrons. The van der Waals surface area contributed by atoms with E-state index < -0.39 is 23.2 Å². The summed E-state index contributed by atoms with van der Waals surface area (Å²) in [4.78, 5) is 0. The third-order valence-corrected chi connectivity index (χ3v) is 2.13. The van der Waals surface area contributed by atoms with Crippen molar-refractivity contribution in [3.05, 3.63) is 53.8 Å². The van der Waals surface area contributed by atoms with Crippen LogP contribution in [0.15, 0.2) is 36.4 Å². The van der Waals surface area contributed by atoms with Crippen LogP contribution in [0.3, 0.4) is 0 Å². The molecular formula is C12H8F3NO. The van der Waals surface area contributed by atoms with Gasteiger partial charge in [0.1, 0.15) is 0 Å². The van der Waals surface area contributed by atoms with Crippen molar-refractivity contribution in [3.8, 4) is 11.5 Å². The maximum Gasteiger partial charge on any atom is 0.203 e. The fourth-order valence-corrected chi connectivity index (χ4v) is 1.29. The van der Waals surface area contributed by atoms with Crippen molar-refractivity contribution in [3.63, 3.8) is 0 Å². The minimum absolute atomic E-state index is 0.104. The van der Waals surface area contributed by atoms with E-state index in [0.717, 1.165) is 18.2 Å². The maximum absolute atomic E-state index is 13.4. The van der Waals surface area contributed by atoms with E-state index >= 15 is 0 Å². The molecule has 0 fully saturated rings. The lowest BCUT2D eigenvalue weighted by Gasteiger charge is -2.10. The molecular weight excluding hydrogens is 231 g/mol. The standard InChI is InChI=1S/C12H8F3NO/c13-7-3-1-2-4-10(7)17-12-9(16)6-5-8(14)11(12)15/h1-6H,16H2. The Hall–Kier alpha value is -2.17. The molecule has 5 heteroatoms. The molecule has 0 unspecified atom stereocenters. The average Bonchev–Trinajstić information content (AvgIpc) is 2.32. The van der Waals surface area contributed by atoms with Crippen molar-refractivity contribution in [1.29, 1.82) is 0 Å². The summed E-state index contributed by atoms with van der Waals surface area (Å²) in [6, 6.07) is 7.41. The smallest absolute Gasteiger partial charge is 0.203 e. The van der Waals surface area contributed by atoms with Gasteiger partial charge in [-0.25, -0.2) is 8.78 Å². The van der Waals surface area contributed by atoms with Gasteiger partial charge in [-0.3, -0.25) is 0 Å². The molecule has 0 aliphatic rings. The lowest BCUT2D eigenvalue weighted by molar-refractivity contribution is 0.399. The highest BCUT2D eigenvalue weighted by atomic mass is 19.2. The summed E-state index contributed by atoms with van der Waals surface area (Å²) in [5.41, 5.74) is 5.33. The van der Waals surface area contributed by atoms with Gasteiger partial charge in [-0.2, -0.15) is 4.39 Å². The molecule has 2 aromatic rings. The quantitative estimate of drug-likeness (QED) is 0.814. The fraction of sp³-hybridized carbons (Fsp3) is 0. The molecule has 0 saturated heterocycles. The van der Waals surface area contributed by atoms with Crippen LogP contribution in [-0.4, -0.2) is 0 Å². The Balaban J connectivity index is 2.43. The number of hydrogen-bond donors (Lipinski definition) is 1. The number of benzene rings is 2. The van der Waals surface area contributed by atoms with E-state index in [2.05, 4.69) is 0 Å². The molecule has 0 radical (unpaired) electrons. The zero-order valence-electron chi connectivity index (χ0n) is 8.58. The van der Waals surface area contributed by atoms with Gasteiger partial charge in [-0.15, -0.1) is 0 Å². The number of nitrogen functional groups attached to an aromatic ring is 1. The topological polar surface area (TPSA) is 35.2 Å². The second-order valence-corrected chi connectivity index (χ2v) is 3.31. The largest absolute Gasteiger partial charge is 0.449 e. The first-order chi connectivity index (χ1) is 8.09. The molecule has 0 spiro atoms. The molecule has 0 aromatic heterocycles. The van der Waals surface area contributed by atoms with Gasteiger partial charge in [0.25, 0.3) is 0 Å². The number of nitrogens with two attached hydrogens (primary N) is 1. The number of halogens is 3. The van der Waals surface area contributed by atoms with Crippen LogP contribution in [0.5, 0.6) is 11.5 Å². The summed E-state index contributed by atoms with van der Waals surface area (Å²) < 4.78 is 44.5. The van der Waals surface area contributed by atoms with Crippen molar-refractivity contribution in [2.24, 2.45) is 0 Å². The summed E-state index contributed by atoms with van der Waals surface area (Å²) in [7, 11) is 0. The first kappa shape index (κ1) is 11.3. The van der Waals surface area contributed by atoms with Crippen LogP contribution in [0, 0.1) is 17.5 Å². The number of para-hydroxylation sites is 1. The molecule has 0 atom stereocenters. The highest BCUT2D eigenvalue weighted by Crippen LogP contribution is 2.32. The molecule has 2 rings (SSSR count). The molecule has 17 heavy (non-hydrogen) atoms. The SMILES string of the molecule is Nc1ccc(F)c(F)c1Oc1ccccc1F. The molecule has 0 aliphatic heterocycles. The summed E-state index contributed by atoms with van der Waals surface area (Å²) in [6.45, 7) is 0. The van der Waals surface area contributed by atoms with Crippen molar-refractivity contribution >= 4 is 5.69 Å². The summed E-state index contributed by atoms with van der Waals surface area (Å²) in [5, 5.41) is 0. The first-order valence-electron chi connectivity index (χ1n) is 4.75. The molecule has 2 nitrogen and oxygen atoms in total. The third kappa shape index (κ3) is 2.18. The van der Waals surface area contributed by atoms with Crippen LogP contribution in [0.2, 0.25) is 0 Å². The highest BCUT2D eigenvalue weighted by Gasteiger charge is 2.15. The Morgan fingerprint density at radius 1 is 0.882 bits per heavy atom. The van der Waals surface area contributed by atoms with E-state index in [-0.39, 0.29) is 11.4 Å². The number of ether oxygens (including phenoxy) is 1. The average molecular weight is 239 g/mol. The molecule has 0 saturated carbocycles. The molecule has 2 aromatic carbocycles. The predicted octanol–water partition coefficient (Wildman–Crippen LogP) is 3.48. The van der Waals surface area contributed by atoms with E-state index in [0.29, 0.717) is 0 Å². The van der Waals surface area contributed by atoms with Crippen molar-refractivity contribution in [2.75, 3.05) is 5.73 Å². The van der Waals surface area contributed by atoms with Gasteiger partial charge in [0, 0.05) is 0 Å². The second kappa shape index (κ2) is 4.37. The van der Waals surface area contributed by atoms with Crippen LogP contribution >= 0.6 is 0 Å². The lowest BCUT2D eigenvalue weighted by atomic mass is 10.2. The van der Waals surface area contributed by atoms with Crippen molar-refractivity contribution in [1.82, 2.24) is 0 Å². The van der Waals surface area contributed by atoms with Gasteiger partial charge < -0.3 is 10.5 Å². The van der Waals surface area contributed by atoms with Crippen LogP contribution in [-0.2, 0) is 0 Å². The first-order valence-corrected chi connectivity index (χ1v) is 4.75. The van der Waals surface area contributed by atoms with Crippen LogP contribution in [0.4, 0.5) is 18.9 Å². The zero-order chi connectivity index (χ0) is 12.4. The van der Waals surface area contributed by atoms with Crippen molar-refractivity contribution in [2.45, 2.75) is 0 Å². The number of rotatable bonds is 2. The van der Waals surface area contributed by atoms with Gasteiger partial charge in [0.15, 0.2) is 23.1 Å². The van der Waals surface area contributed by atoms with Gasteiger partial charge in [-0.1, -0.05) is 12.1 Å². The van der Waals surface area contributed by atoms with E-state index in [1.54, 1.807) is 0 Å². The van der Waals surface area contributed by atoms with Gasteiger partial charge >= 0.3 is 0 Å². The van der Waals surface area contributed by atoms with E-state index in [1.165, 1.54) is 18.2 Å². The summed E-state index contributed by atoms with van der Waals surface area (Å²) in [6.07, 6.45) is 0. The number of hydrogen-bond acceptors (Lipinski definition) is 2. The number of anilines is 1. The molecule has 2 N–H and O–H groups in total. The Kier molecular flexibility index (Phi) is 2.91. The second-order valence-electron chi connectivity index (χ2n) is 3.31. The van der Waals surface area contributed by atoms with Gasteiger partial charge in [0.05, 0.1) is 5.69 Å². The van der Waals surface area contributed by atoms with Gasteiger partial charge in [-0.05, 0) is 24.3 Å². The lowest BCUT2D eigenvalue weighted by Crippen LogP contribution is -1.98. The van der Waals surface area contributed by atoms with Crippen LogP contribution in [0.25, 0.3) is 0 Å². The highest BCUT2D eigenvalue weighted by molar-refractivity contribution is 5.54. The Morgan fingerprint density at radius 2 is 1.59 bits per heavy atom. The summed E-state index contributed by atoms with van der Waals surface area (Å²) in [5.74, 6) is -3.77. The minimum Gasteiger partial charge on any atom is -0.449 e. The van der Waals surface area contributed by atoms with E-state index in [1.807, 2.05) is 0 Å².